The second-order valence-electron chi connectivity index (χ2n) is 12.7. The third-order valence-corrected chi connectivity index (χ3v) is 9.41. The Balaban J connectivity index is 1.23. The zero-order valence-electron chi connectivity index (χ0n) is 29.1. The maximum absolute atomic E-state index is 12.8. The Morgan fingerprint density at radius 3 is 1.88 bits per heavy atom. The molecule has 8 nitrogen and oxygen atoms in total. The van der Waals surface area contributed by atoms with Gasteiger partial charge in [-0.25, -0.2) is 9.80 Å². The van der Waals surface area contributed by atoms with Crippen molar-refractivity contribution < 1.29 is 9.53 Å². The van der Waals surface area contributed by atoms with Crippen molar-refractivity contribution in [3.05, 3.63) is 173 Å². The summed E-state index contributed by atoms with van der Waals surface area (Å²) in [6.45, 7) is 5.79. The molecule has 0 bridgehead atoms. The van der Waals surface area contributed by atoms with E-state index in [1.165, 1.54) is 0 Å². The van der Waals surface area contributed by atoms with Gasteiger partial charge >= 0.3 is 5.97 Å². The largest absolute Gasteiger partial charge is 0.463 e. The molecule has 2 heterocycles. The van der Waals surface area contributed by atoms with Crippen molar-refractivity contribution in [2.45, 2.75) is 38.6 Å². The molecule has 0 fully saturated rings. The van der Waals surface area contributed by atoms with E-state index < -0.39 is 5.54 Å². The zero-order valence-corrected chi connectivity index (χ0v) is 29.1. The fourth-order valence-corrected chi connectivity index (χ4v) is 6.91. The second-order valence-corrected chi connectivity index (χ2v) is 12.7. The minimum Gasteiger partial charge on any atom is -0.463 e. The number of rotatable bonds is 13. The van der Waals surface area contributed by atoms with Crippen molar-refractivity contribution in [2.24, 2.45) is 0 Å². The molecule has 6 aromatic rings. The predicted octanol–water partition coefficient (Wildman–Crippen LogP) is 7.83. The molecule has 0 saturated heterocycles. The lowest BCUT2D eigenvalue weighted by atomic mass is 9.77. The molecule has 0 aliphatic carbocycles. The first kappa shape index (κ1) is 33.6. The molecule has 0 amide bonds. The summed E-state index contributed by atoms with van der Waals surface area (Å²) in [6.07, 6.45) is 2.75. The summed E-state index contributed by atoms with van der Waals surface area (Å²) in [6, 6.07) is 47.7. The quantitative estimate of drug-likeness (QED) is 0.0988. The molecule has 1 N–H and O–H groups in total. The van der Waals surface area contributed by atoms with Crippen LogP contribution in [-0.2, 0) is 21.5 Å². The number of ether oxygens (including phenoxy) is 1. The number of tetrazole rings is 1. The van der Waals surface area contributed by atoms with E-state index in [1.807, 2.05) is 79.7 Å². The van der Waals surface area contributed by atoms with Crippen LogP contribution in [0.3, 0.4) is 0 Å². The number of nitrogens with zero attached hydrogens (tertiary/aromatic N) is 5. The summed E-state index contributed by atoms with van der Waals surface area (Å²) in [5, 5.41) is 16.7. The number of carbonyl (C=O) groups excluding carboxylic acids is 1. The molecule has 256 valence electrons. The maximum Gasteiger partial charge on any atom is 0.337 e. The standard InChI is InChI=1S/C43H42N6O2/c1-3-5-29-48-31-39(42(50)51-4-2)40(45-48)30-32-25-27-33(28-26-32)37-23-15-16-24-38(37)41-44-47-49(46-41)43(34-17-9-6-10-18-34,35-19-11-7-12-20-35)36-21-13-8-14-22-36/h6-28,45H,3-5,29-31H2,1-2H3. The van der Waals surface area contributed by atoms with Gasteiger partial charge in [-0.2, -0.15) is 0 Å². The number of esters is 1. The van der Waals surface area contributed by atoms with E-state index in [-0.39, 0.29) is 5.97 Å². The molecule has 0 radical (unpaired) electrons. The lowest BCUT2D eigenvalue weighted by molar-refractivity contribution is -0.138. The van der Waals surface area contributed by atoms with Crippen LogP contribution in [0.2, 0.25) is 0 Å². The molecule has 8 heteroatoms. The van der Waals surface area contributed by atoms with E-state index >= 15 is 0 Å². The number of hydrazine groups is 1. The van der Waals surface area contributed by atoms with Crippen molar-refractivity contribution in [3.63, 3.8) is 0 Å². The van der Waals surface area contributed by atoms with Crippen LogP contribution in [0.1, 0.15) is 48.9 Å². The number of allylic oxidation sites excluding steroid dienone is 1. The second kappa shape index (κ2) is 15.4. The van der Waals surface area contributed by atoms with Crippen LogP contribution in [-0.4, -0.2) is 50.9 Å². The van der Waals surface area contributed by atoms with E-state index in [4.69, 9.17) is 20.1 Å². The summed E-state index contributed by atoms with van der Waals surface area (Å²) in [4.78, 5) is 14.6. The van der Waals surface area contributed by atoms with Gasteiger partial charge in [-0.3, -0.25) is 0 Å². The molecule has 0 saturated carbocycles. The van der Waals surface area contributed by atoms with Crippen molar-refractivity contribution in [1.29, 1.82) is 0 Å². The van der Waals surface area contributed by atoms with Crippen molar-refractivity contribution in [2.75, 3.05) is 19.7 Å². The van der Waals surface area contributed by atoms with Gasteiger partial charge in [0.1, 0.15) is 0 Å². The number of hydrogen-bond donors (Lipinski definition) is 1. The lowest BCUT2D eigenvalue weighted by Gasteiger charge is -2.34. The van der Waals surface area contributed by atoms with E-state index in [9.17, 15) is 4.79 Å². The highest BCUT2D eigenvalue weighted by molar-refractivity contribution is 5.90. The van der Waals surface area contributed by atoms with Crippen LogP contribution in [0.5, 0.6) is 0 Å². The monoisotopic (exact) mass is 674 g/mol. The number of benzene rings is 5. The lowest BCUT2D eigenvalue weighted by Crippen LogP contribution is -2.39. The Hall–Kier alpha value is -5.86. The third-order valence-electron chi connectivity index (χ3n) is 9.41. The fourth-order valence-electron chi connectivity index (χ4n) is 6.91. The van der Waals surface area contributed by atoms with Gasteiger partial charge in [-0.15, -0.1) is 15.0 Å². The topological polar surface area (TPSA) is 85.2 Å². The van der Waals surface area contributed by atoms with Gasteiger partial charge in [-0.1, -0.05) is 153 Å². The summed E-state index contributed by atoms with van der Waals surface area (Å²) in [7, 11) is 0. The normalized spacial score (nSPS) is 13.3. The van der Waals surface area contributed by atoms with E-state index in [0.29, 0.717) is 31.0 Å². The molecular weight excluding hydrogens is 633 g/mol. The number of hydrogen-bond acceptors (Lipinski definition) is 7. The van der Waals surface area contributed by atoms with E-state index in [1.54, 1.807) is 4.80 Å². The molecular formula is C43H42N6O2. The van der Waals surface area contributed by atoms with Gasteiger partial charge in [-0.05, 0) is 51.9 Å². The Bertz CT molecular complexity index is 2000. The molecule has 51 heavy (non-hydrogen) atoms. The van der Waals surface area contributed by atoms with Gasteiger partial charge in [0, 0.05) is 24.2 Å². The van der Waals surface area contributed by atoms with Crippen LogP contribution in [0, 0.1) is 0 Å². The zero-order chi connectivity index (χ0) is 35.0. The van der Waals surface area contributed by atoms with Crippen LogP contribution in [0.15, 0.2) is 151 Å². The minimum absolute atomic E-state index is 0.249. The van der Waals surface area contributed by atoms with E-state index in [0.717, 1.165) is 64.0 Å². The number of unbranched alkanes of at least 4 members (excludes halogenated alkanes) is 1. The summed E-state index contributed by atoms with van der Waals surface area (Å²) in [5.41, 5.74) is 11.3. The molecule has 1 aliphatic rings. The predicted molar refractivity (Wildman–Crippen MR) is 200 cm³/mol. The maximum atomic E-state index is 12.8. The first-order valence-electron chi connectivity index (χ1n) is 17.7. The smallest absolute Gasteiger partial charge is 0.337 e. The first-order valence-corrected chi connectivity index (χ1v) is 17.7. The Morgan fingerprint density at radius 2 is 1.31 bits per heavy atom. The summed E-state index contributed by atoms with van der Waals surface area (Å²) in [5.74, 6) is 0.286. The highest BCUT2D eigenvalue weighted by Gasteiger charge is 2.41. The molecule has 7 rings (SSSR count). The number of aromatic nitrogens is 4. The fraction of sp³-hybridized carbons (Fsp3) is 0.209. The average molecular weight is 675 g/mol. The minimum atomic E-state index is -0.858. The Labute approximate surface area is 299 Å². The highest BCUT2D eigenvalue weighted by atomic mass is 16.5. The summed E-state index contributed by atoms with van der Waals surface area (Å²) < 4.78 is 5.39. The summed E-state index contributed by atoms with van der Waals surface area (Å²) >= 11 is 0. The van der Waals surface area contributed by atoms with Crippen molar-refractivity contribution in [1.82, 2.24) is 30.6 Å². The van der Waals surface area contributed by atoms with Crippen LogP contribution >= 0.6 is 0 Å². The highest BCUT2D eigenvalue weighted by Crippen LogP contribution is 2.40. The van der Waals surface area contributed by atoms with Gasteiger partial charge < -0.3 is 10.2 Å². The van der Waals surface area contributed by atoms with Crippen LogP contribution in [0.25, 0.3) is 22.5 Å². The van der Waals surface area contributed by atoms with Gasteiger partial charge in [0.05, 0.1) is 18.7 Å². The SMILES string of the molecule is CCCCN1CC(C(=O)OCC)=C(Cc2ccc(-c3ccccc3-c3nnn(C(c4ccccc4)(c4ccccc4)c4ccccc4)n3)cc2)N1. The third kappa shape index (κ3) is 6.83. The van der Waals surface area contributed by atoms with Crippen LogP contribution in [0.4, 0.5) is 0 Å². The van der Waals surface area contributed by atoms with Crippen LogP contribution < -0.4 is 5.43 Å². The number of carbonyl (C=O) groups is 1. The van der Waals surface area contributed by atoms with Crippen molar-refractivity contribution >= 4 is 5.97 Å². The molecule has 5 aromatic carbocycles. The average Bonchev–Trinajstić information content (AvgIpc) is 3.84. The van der Waals surface area contributed by atoms with E-state index in [2.05, 4.69) is 84.1 Å². The molecule has 1 aliphatic heterocycles. The Kier molecular flexibility index (Phi) is 10.1. The van der Waals surface area contributed by atoms with Gasteiger partial charge in [0.2, 0.25) is 5.82 Å². The molecule has 0 spiro atoms. The molecule has 1 aromatic heterocycles. The molecule has 0 atom stereocenters. The van der Waals surface area contributed by atoms with Gasteiger partial charge in [0.15, 0.2) is 5.54 Å². The molecule has 0 unspecified atom stereocenters. The van der Waals surface area contributed by atoms with Gasteiger partial charge in [0.25, 0.3) is 0 Å². The van der Waals surface area contributed by atoms with Crippen molar-refractivity contribution in [3.8, 4) is 22.5 Å². The first-order chi connectivity index (χ1) is 25.1. The Morgan fingerprint density at radius 1 is 0.745 bits per heavy atom. The number of nitrogens with one attached hydrogen (secondary N) is 1.